The van der Waals surface area contributed by atoms with Gasteiger partial charge in [0.25, 0.3) is 5.91 Å². The number of rotatable bonds is 7. The topological polar surface area (TPSA) is 107 Å². The zero-order chi connectivity index (χ0) is 20.2. The molecule has 1 aliphatic carbocycles. The number of carbonyl (C=O) groups excluding carboxylic acids is 1. The van der Waals surface area contributed by atoms with Gasteiger partial charge in [-0.05, 0) is 38.7 Å². The second-order valence-electron chi connectivity index (χ2n) is 7.27. The van der Waals surface area contributed by atoms with E-state index in [1.165, 1.54) is 0 Å². The molecule has 0 bridgehead atoms. The van der Waals surface area contributed by atoms with Crippen LogP contribution in [-0.4, -0.2) is 62.9 Å². The average Bonchev–Trinajstić information content (AvgIpc) is 3.37. The lowest BCUT2D eigenvalue weighted by atomic mass is 9.93. The molecule has 1 aliphatic rings. The van der Waals surface area contributed by atoms with Crippen LogP contribution in [0.4, 0.5) is 0 Å². The molecule has 1 saturated carbocycles. The Labute approximate surface area is 168 Å². The number of hydrogen-bond acceptors (Lipinski definition) is 6. The molecule has 4 rings (SSSR count). The summed E-state index contributed by atoms with van der Waals surface area (Å²) in [6.07, 6.45) is 9.10. The van der Waals surface area contributed by atoms with Crippen LogP contribution in [0.1, 0.15) is 42.0 Å². The van der Waals surface area contributed by atoms with Gasteiger partial charge >= 0.3 is 0 Å². The van der Waals surface area contributed by atoms with Gasteiger partial charge in [0.15, 0.2) is 5.69 Å². The first-order valence-electron chi connectivity index (χ1n) is 9.92. The molecule has 0 aliphatic heterocycles. The fraction of sp³-hybridized carbons (Fsp3) is 0.500. The number of amides is 1. The van der Waals surface area contributed by atoms with Gasteiger partial charge in [-0.15, -0.1) is 0 Å². The fourth-order valence-electron chi connectivity index (χ4n) is 3.72. The molecule has 9 heteroatoms. The lowest BCUT2D eigenvalue weighted by molar-refractivity contribution is -0.00409. The average molecular weight is 398 g/mol. The van der Waals surface area contributed by atoms with Crippen molar-refractivity contribution in [2.24, 2.45) is 0 Å². The number of aromatic nitrogens is 5. The second-order valence-corrected chi connectivity index (χ2v) is 7.27. The Morgan fingerprint density at radius 3 is 2.83 bits per heavy atom. The quantitative estimate of drug-likeness (QED) is 0.591. The number of aryl methyl sites for hydroxylation is 1. The maximum atomic E-state index is 13.0. The van der Waals surface area contributed by atoms with Gasteiger partial charge in [-0.25, -0.2) is 15.0 Å². The number of nitrogens with one attached hydrogen (secondary N) is 2. The van der Waals surface area contributed by atoms with Crippen molar-refractivity contribution in [3.05, 3.63) is 36.2 Å². The van der Waals surface area contributed by atoms with Crippen molar-refractivity contribution in [3.8, 4) is 5.95 Å². The molecule has 9 nitrogen and oxygen atoms in total. The fourth-order valence-corrected chi connectivity index (χ4v) is 3.72. The molecule has 0 saturated heterocycles. The number of carbonyl (C=O) groups is 1. The number of fused-ring (bicyclic) bond motifs is 1. The van der Waals surface area contributed by atoms with E-state index in [2.05, 4.69) is 25.3 Å². The number of aromatic amines is 1. The molecule has 0 aromatic carbocycles. The van der Waals surface area contributed by atoms with Crippen LogP contribution in [0.3, 0.4) is 0 Å². The smallest absolute Gasteiger partial charge is 0.272 e. The largest absolute Gasteiger partial charge is 0.382 e. The normalized spacial score (nSPS) is 19.5. The number of nitrogens with zero attached hydrogens (tertiary/aromatic N) is 4. The molecule has 0 spiro atoms. The van der Waals surface area contributed by atoms with Crippen molar-refractivity contribution in [2.75, 3.05) is 20.3 Å². The molecule has 3 aromatic rings. The van der Waals surface area contributed by atoms with E-state index in [9.17, 15) is 4.79 Å². The van der Waals surface area contributed by atoms with Gasteiger partial charge in [0.1, 0.15) is 5.82 Å². The molecule has 29 heavy (non-hydrogen) atoms. The third-order valence-corrected chi connectivity index (χ3v) is 5.30. The van der Waals surface area contributed by atoms with E-state index < -0.39 is 0 Å². The SMILES string of the molecule is COCCO[C@H]1CC[C@H](NC(=O)c2nc(-n3ccnc3C)nc3cc[nH]c23)CC1. The minimum atomic E-state index is -0.192. The van der Waals surface area contributed by atoms with Crippen LogP contribution in [0.15, 0.2) is 24.7 Å². The first kappa shape index (κ1) is 19.5. The van der Waals surface area contributed by atoms with Crippen molar-refractivity contribution in [2.45, 2.75) is 44.8 Å². The van der Waals surface area contributed by atoms with E-state index in [0.29, 0.717) is 35.9 Å². The first-order valence-corrected chi connectivity index (χ1v) is 9.92. The predicted molar refractivity (Wildman–Crippen MR) is 107 cm³/mol. The molecule has 1 amide bonds. The highest BCUT2D eigenvalue weighted by atomic mass is 16.5. The van der Waals surface area contributed by atoms with E-state index in [4.69, 9.17) is 9.47 Å². The minimum Gasteiger partial charge on any atom is -0.382 e. The maximum Gasteiger partial charge on any atom is 0.272 e. The van der Waals surface area contributed by atoms with Crippen molar-refractivity contribution in [1.82, 2.24) is 29.8 Å². The Morgan fingerprint density at radius 2 is 2.10 bits per heavy atom. The monoisotopic (exact) mass is 398 g/mol. The van der Waals surface area contributed by atoms with Gasteiger partial charge in [-0.1, -0.05) is 0 Å². The molecule has 3 aromatic heterocycles. The molecule has 2 N–H and O–H groups in total. The summed E-state index contributed by atoms with van der Waals surface area (Å²) in [7, 11) is 1.67. The van der Waals surface area contributed by atoms with Crippen LogP contribution in [0.25, 0.3) is 17.0 Å². The van der Waals surface area contributed by atoms with Gasteiger partial charge in [0, 0.05) is 31.7 Å². The van der Waals surface area contributed by atoms with Crippen LogP contribution in [0, 0.1) is 6.92 Å². The number of imidazole rings is 1. The predicted octanol–water partition coefficient (Wildman–Crippen LogP) is 2.16. The summed E-state index contributed by atoms with van der Waals surface area (Å²) in [5.41, 5.74) is 1.69. The van der Waals surface area contributed by atoms with Crippen molar-refractivity contribution in [3.63, 3.8) is 0 Å². The van der Waals surface area contributed by atoms with E-state index in [-0.39, 0.29) is 18.1 Å². The summed E-state index contributed by atoms with van der Waals surface area (Å²) in [6.45, 7) is 3.09. The van der Waals surface area contributed by atoms with Crippen LogP contribution in [0.5, 0.6) is 0 Å². The third kappa shape index (κ3) is 4.30. The molecular formula is C20H26N6O3. The molecule has 0 atom stereocenters. The highest BCUT2D eigenvalue weighted by Gasteiger charge is 2.25. The van der Waals surface area contributed by atoms with E-state index in [1.807, 2.05) is 13.0 Å². The van der Waals surface area contributed by atoms with Crippen LogP contribution in [0.2, 0.25) is 0 Å². The maximum absolute atomic E-state index is 13.0. The Balaban J connectivity index is 1.46. The van der Waals surface area contributed by atoms with E-state index >= 15 is 0 Å². The zero-order valence-electron chi connectivity index (χ0n) is 16.7. The highest BCUT2D eigenvalue weighted by Crippen LogP contribution is 2.22. The zero-order valence-corrected chi connectivity index (χ0v) is 16.7. The lowest BCUT2D eigenvalue weighted by Gasteiger charge is -2.29. The summed E-state index contributed by atoms with van der Waals surface area (Å²) in [6, 6.07) is 1.95. The Kier molecular flexibility index (Phi) is 5.86. The highest BCUT2D eigenvalue weighted by molar-refractivity contribution is 6.03. The van der Waals surface area contributed by atoms with E-state index in [0.717, 1.165) is 31.5 Å². The standard InChI is InChI=1S/C20H26N6O3/c1-13-21-9-10-26(13)20-24-16-7-8-22-17(16)18(25-20)19(27)23-14-3-5-15(6-4-14)29-12-11-28-2/h7-10,14-15,22H,3-6,11-12H2,1-2H3,(H,23,27)/t14-,15-. The summed E-state index contributed by atoms with van der Waals surface area (Å²) >= 11 is 0. The Bertz CT molecular complexity index is 974. The van der Waals surface area contributed by atoms with Gasteiger partial charge in [-0.2, -0.15) is 0 Å². The Morgan fingerprint density at radius 1 is 1.28 bits per heavy atom. The summed E-state index contributed by atoms with van der Waals surface area (Å²) in [5.74, 6) is 1.01. The lowest BCUT2D eigenvalue weighted by Crippen LogP contribution is -2.39. The van der Waals surface area contributed by atoms with Crippen LogP contribution in [-0.2, 0) is 9.47 Å². The molecule has 154 valence electrons. The minimum absolute atomic E-state index is 0.114. The molecule has 3 heterocycles. The van der Waals surface area contributed by atoms with Gasteiger partial charge in [0.05, 0.1) is 30.4 Å². The molecule has 0 unspecified atom stereocenters. The third-order valence-electron chi connectivity index (χ3n) is 5.30. The Hall–Kier alpha value is -2.78. The summed E-state index contributed by atoms with van der Waals surface area (Å²) in [4.78, 5) is 29.4. The van der Waals surface area contributed by atoms with Gasteiger partial charge < -0.3 is 19.8 Å². The van der Waals surface area contributed by atoms with E-state index in [1.54, 1.807) is 30.3 Å². The van der Waals surface area contributed by atoms with Gasteiger partial charge in [0.2, 0.25) is 5.95 Å². The molecule has 0 radical (unpaired) electrons. The first-order chi connectivity index (χ1) is 14.2. The molecule has 1 fully saturated rings. The van der Waals surface area contributed by atoms with Crippen molar-refractivity contribution < 1.29 is 14.3 Å². The van der Waals surface area contributed by atoms with Crippen LogP contribution < -0.4 is 5.32 Å². The summed E-state index contributed by atoms with van der Waals surface area (Å²) in [5, 5.41) is 3.14. The number of methoxy groups -OCH3 is 1. The van der Waals surface area contributed by atoms with Crippen LogP contribution >= 0.6 is 0 Å². The number of ether oxygens (including phenoxy) is 2. The second kappa shape index (κ2) is 8.71. The number of hydrogen-bond donors (Lipinski definition) is 2. The van der Waals surface area contributed by atoms with Crippen molar-refractivity contribution in [1.29, 1.82) is 0 Å². The van der Waals surface area contributed by atoms with Gasteiger partial charge in [-0.3, -0.25) is 9.36 Å². The van der Waals surface area contributed by atoms with Crippen molar-refractivity contribution >= 4 is 16.9 Å². The number of H-pyrrole nitrogens is 1. The summed E-state index contributed by atoms with van der Waals surface area (Å²) < 4.78 is 12.6. The molecular weight excluding hydrogens is 372 g/mol.